The lowest BCUT2D eigenvalue weighted by atomic mass is 9.74. The summed E-state index contributed by atoms with van der Waals surface area (Å²) >= 11 is 0. The highest BCUT2D eigenvalue weighted by atomic mass is 16.6. The third kappa shape index (κ3) is 8.06. The molecule has 1 fully saturated rings. The molecule has 0 aromatic rings. The maximum atomic E-state index is 12.4. The van der Waals surface area contributed by atoms with Crippen molar-refractivity contribution in [3.63, 3.8) is 0 Å². The van der Waals surface area contributed by atoms with Crippen molar-refractivity contribution in [2.75, 3.05) is 7.11 Å². The summed E-state index contributed by atoms with van der Waals surface area (Å²) in [5, 5.41) is 21.2. The molecule has 0 radical (unpaired) electrons. The van der Waals surface area contributed by atoms with Crippen LogP contribution in [0.1, 0.15) is 73.6 Å². The van der Waals surface area contributed by atoms with Gasteiger partial charge in [-0.1, -0.05) is 39.5 Å². The summed E-state index contributed by atoms with van der Waals surface area (Å²) < 4.78 is 21.8. The van der Waals surface area contributed by atoms with Gasteiger partial charge in [0.15, 0.2) is 0 Å². The minimum Gasteiger partial charge on any atom is -0.469 e. The first-order valence-corrected chi connectivity index (χ1v) is 12.1. The maximum Gasteiger partial charge on any atom is 0.330 e. The number of carbonyl (C=O) groups is 3. The number of aliphatic hydroxyl groups excluding tert-OH is 2. The Morgan fingerprint density at radius 2 is 1.82 bits per heavy atom. The van der Waals surface area contributed by atoms with Crippen molar-refractivity contribution in [2.24, 2.45) is 11.8 Å². The summed E-state index contributed by atoms with van der Waals surface area (Å²) in [4.78, 5) is 36.3. The van der Waals surface area contributed by atoms with Crippen LogP contribution in [-0.4, -0.2) is 71.4 Å². The van der Waals surface area contributed by atoms with E-state index >= 15 is 0 Å². The van der Waals surface area contributed by atoms with E-state index in [4.69, 9.17) is 18.9 Å². The third-order valence-electron chi connectivity index (χ3n) is 6.45. The zero-order valence-electron chi connectivity index (χ0n) is 21.5. The molecule has 8 unspecified atom stereocenters. The van der Waals surface area contributed by atoms with Gasteiger partial charge in [-0.3, -0.25) is 9.59 Å². The SMILES string of the molecule is CCCCCCC(O)C=CC(=O)OC1C(C)OC(C)(C(OC(C)=O)C(C)C(=O)OC)C(O)C1C. The fourth-order valence-corrected chi connectivity index (χ4v) is 4.55. The van der Waals surface area contributed by atoms with Crippen LogP contribution in [0, 0.1) is 11.8 Å². The second-order valence-electron chi connectivity index (χ2n) is 9.33. The molecular weight excluding hydrogens is 444 g/mol. The molecule has 0 bridgehead atoms. The second-order valence-corrected chi connectivity index (χ2v) is 9.33. The Balaban J connectivity index is 2.91. The first kappa shape index (κ1) is 30.1. The van der Waals surface area contributed by atoms with Gasteiger partial charge >= 0.3 is 17.9 Å². The topological polar surface area (TPSA) is 129 Å². The van der Waals surface area contributed by atoms with Crippen molar-refractivity contribution >= 4 is 17.9 Å². The molecule has 1 aliphatic rings. The molecule has 1 aliphatic heterocycles. The summed E-state index contributed by atoms with van der Waals surface area (Å²) in [6, 6.07) is 0. The Labute approximate surface area is 202 Å². The summed E-state index contributed by atoms with van der Waals surface area (Å²) in [5.74, 6) is -3.42. The number of carbonyl (C=O) groups excluding carboxylic acids is 3. The lowest BCUT2D eigenvalue weighted by Gasteiger charge is -2.51. The summed E-state index contributed by atoms with van der Waals surface area (Å²) in [6.07, 6.45) is 2.69. The highest BCUT2D eigenvalue weighted by Gasteiger charge is 2.57. The molecule has 2 N–H and O–H groups in total. The predicted octanol–water partition coefficient (Wildman–Crippen LogP) is 2.70. The van der Waals surface area contributed by atoms with Gasteiger partial charge in [-0.25, -0.2) is 4.79 Å². The molecule has 1 saturated heterocycles. The van der Waals surface area contributed by atoms with Gasteiger partial charge in [0.1, 0.15) is 17.8 Å². The molecule has 0 saturated carbocycles. The summed E-state index contributed by atoms with van der Waals surface area (Å²) in [6.45, 7) is 9.78. The Hall–Kier alpha value is -1.97. The second kappa shape index (κ2) is 13.8. The summed E-state index contributed by atoms with van der Waals surface area (Å²) in [7, 11) is 1.22. The lowest BCUT2D eigenvalue weighted by molar-refractivity contribution is -0.279. The molecule has 34 heavy (non-hydrogen) atoms. The normalized spacial score (nSPS) is 29.8. The van der Waals surface area contributed by atoms with Crippen molar-refractivity contribution in [3.05, 3.63) is 12.2 Å². The molecule has 9 heteroatoms. The highest BCUT2D eigenvalue weighted by molar-refractivity contribution is 5.82. The Bertz CT molecular complexity index is 706. The third-order valence-corrected chi connectivity index (χ3v) is 6.45. The minimum atomic E-state index is -1.45. The van der Waals surface area contributed by atoms with E-state index in [0.717, 1.165) is 25.7 Å². The fourth-order valence-electron chi connectivity index (χ4n) is 4.55. The van der Waals surface area contributed by atoms with Gasteiger partial charge in [-0.15, -0.1) is 0 Å². The van der Waals surface area contributed by atoms with E-state index in [0.29, 0.717) is 6.42 Å². The quantitative estimate of drug-likeness (QED) is 0.185. The predicted molar refractivity (Wildman–Crippen MR) is 125 cm³/mol. The van der Waals surface area contributed by atoms with Crippen LogP contribution < -0.4 is 0 Å². The van der Waals surface area contributed by atoms with Gasteiger partial charge < -0.3 is 29.2 Å². The van der Waals surface area contributed by atoms with E-state index in [2.05, 4.69) is 6.92 Å². The van der Waals surface area contributed by atoms with Crippen LogP contribution in [0.25, 0.3) is 0 Å². The maximum absolute atomic E-state index is 12.4. The molecular formula is C25H42O9. The van der Waals surface area contributed by atoms with Crippen LogP contribution in [0.2, 0.25) is 0 Å². The van der Waals surface area contributed by atoms with E-state index in [1.165, 1.54) is 33.1 Å². The van der Waals surface area contributed by atoms with E-state index in [1.54, 1.807) is 20.8 Å². The fraction of sp³-hybridized carbons (Fsp3) is 0.800. The largest absolute Gasteiger partial charge is 0.469 e. The average molecular weight is 487 g/mol. The number of aliphatic hydroxyl groups is 2. The van der Waals surface area contributed by atoms with Crippen molar-refractivity contribution < 1.29 is 43.5 Å². The van der Waals surface area contributed by atoms with E-state index < -0.39 is 65.9 Å². The number of methoxy groups -OCH3 is 1. The number of rotatable bonds is 12. The molecule has 196 valence electrons. The molecule has 9 nitrogen and oxygen atoms in total. The monoisotopic (exact) mass is 486 g/mol. The number of esters is 3. The van der Waals surface area contributed by atoms with Crippen molar-refractivity contribution in [1.29, 1.82) is 0 Å². The molecule has 0 spiro atoms. The van der Waals surface area contributed by atoms with Gasteiger partial charge in [0.2, 0.25) is 0 Å². The summed E-state index contributed by atoms with van der Waals surface area (Å²) in [5.41, 5.74) is -1.45. The molecule has 0 aromatic heterocycles. The van der Waals surface area contributed by atoms with Crippen LogP contribution >= 0.6 is 0 Å². The minimum absolute atomic E-state index is 0.566. The standard InChI is InChI=1S/C25H42O9/c1-8-9-10-11-12-19(27)13-14-20(28)33-21-15(2)22(29)25(6,34-17(21)4)23(32-18(5)26)16(3)24(30)31-7/h13-17,19,21-23,27,29H,8-12H2,1-7H3. The van der Waals surface area contributed by atoms with Crippen molar-refractivity contribution in [2.45, 2.75) is 110 Å². The van der Waals surface area contributed by atoms with Crippen LogP contribution in [0.5, 0.6) is 0 Å². The Kier molecular flexibility index (Phi) is 12.2. The first-order valence-electron chi connectivity index (χ1n) is 12.1. The number of ether oxygens (including phenoxy) is 4. The molecule has 0 aliphatic carbocycles. The van der Waals surface area contributed by atoms with E-state index in [9.17, 15) is 24.6 Å². The first-order chi connectivity index (χ1) is 15.9. The van der Waals surface area contributed by atoms with Gasteiger partial charge in [-0.2, -0.15) is 0 Å². The molecule has 1 rings (SSSR count). The van der Waals surface area contributed by atoms with Gasteiger partial charge in [0, 0.05) is 18.9 Å². The van der Waals surface area contributed by atoms with Crippen LogP contribution in [0.4, 0.5) is 0 Å². The zero-order valence-corrected chi connectivity index (χ0v) is 21.5. The Morgan fingerprint density at radius 1 is 1.18 bits per heavy atom. The zero-order chi connectivity index (χ0) is 26.1. The number of unbranched alkanes of at least 4 members (excludes halogenated alkanes) is 3. The van der Waals surface area contributed by atoms with Crippen LogP contribution in [0.3, 0.4) is 0 Å². The number of hydrogen-bond donors (Lipinski definition) is 2. The van der Waals surface area contributed by atoms with Crippen molar-refractivity contribution in [1.82, 2.24) is 0 Å². The molecule has 8 atom stereocenters. The van der Waals surface area contributed by atoms with E-state index in [-0.39, 0.29) is 0 Å². The van der Waals surface area contributed by atoms with E-state index in [1.807, 2.05) is 0 Å². The molecule has 1 heterocycles. The smallest absolute Gasteiger partial charge is 0.330 e. The highest BCUT2D eigenvalue weighted by Crippen LogP contribution is 2.40. The molecule has 0 amide bonds. The van der Waals surface area contributed by atoms with Gasteiger partial charge in [-0.05, 0) is 33.3 Å². The van der Waals surface area contributed by atoms with Gasteiger partial charge in [0.05, 0.1) is 31.3 Å². The average Bonchev–Trinajstić information content (AvgIpc) is 2.79. The van der Waals surface area contributed by atoms with Gasteiger partial charge in [0.25, 0.3) is 0 Å². The lowest BCUT2D eigenvalue weighted by Crippen LogP contribution is -2.66. The Morgan fingerprint density at radius 3 is 2.38 bits per heavy atom. The number of hydrogen-bond acceptors (Lipinski definition) is 9. The molecule has 0 aromatic carbocycles. The van der Waals surface area contributed by atoms with Crippen molar-refractivity contribution in [3.8, 4) is 0 Å². The van der Waals surface area contributed by atoms with Crippen LogP contribution in [0.15, 0.2) is 12.2 Å². The van der Waals surface area contributed by atoms with Crippen LogP contribution in [-0.2, 0) is 33.3 Å².